The summed E-state index contributed by atoms with van der Waals surface area (Å²) in [7, 11) is 0. The van der Waals surface area contributed by atoms with Crippen LogP contribution in [-0.4, -0.2) is 37.2 Å². The molecule has 6 nitrogen and oxygen atoms in total. The van der Waals surface area contributed by atoms with E-state index in [1.165, 1.54) is 25.7 Å². The molecule has 0 radical (unpaired) electrons. The normalized spacial score (nSPS) is 13.1. The molecule has 0 heterocycles. The number of hydrogen-bond acceptors (Lipinski definition) is 6. The Hall–Kier alpha value is -4.19. The fourth-order valence-electron chi connectivity index (χ4n) is 6.27. The van der Waals surface area contributed by atoms with Crippen LogP contribution in [0.1, 0.15) is 201 Å². The largest absolute Gasteiger partial charge is 0.462 e. The van der Waals surface area contributed by atoms with E-state index in [4.69, 9.17) is 14.2 Å². The molecular weight excluding hydrogens is 781 g/mol. The molecule has 0 fully saturated rings. The zero-order chi connectivity index (χ0) is 45.8. The van der Waals surface area contributed by atoms with Crippen LogP contribution in [-0.2, 0) is 28.6 Å². The van der Waals surface area contributed by atoms with Crippen LogP contribution in [0.25, 0.3) is 0 Å². The van der Waals surface area contributed by atoms with Crippen molar-refractivity contribution >= 4 is 17.9 Å². The fraction of sp³-hybridized carbons (Fsp3) is 0.596. The van der Waals surface area contributed by atoms with E-state index in [2.05, 4.69) is 142 Å². The maximum absolute atomic E-state index is 12.7. The highest BCUT2D eigenvalue weighted by molar-refractivity contribution is 5.71. The van der Waals surface area contributed by atoms with E-state index in [1.807, 2.05) is 0 Å². The van der Waals surface area contributed by atoms with Crippen molar-refractivity contribution in [2.24, 2.45) is 0 Å². The number of carbonyl (C=O) groups excluding carboxylic acids is 3. The molecule has 6 heteroatoms. The third-order valence-corrected chi connectivity index (χ3v) is 9.96. The molecule has 0 saturated heterocycles. The van der Waals surface area contributed by atoms with Gasteiger partial charge in [0, 0.05) is 19.3 Å². The molecule has 0 aliphatic carbocycles. The zero-order valence-corrected chi connectivity index (χ0v) is 40.3. The Bertz CT molecular complexity index is 1370. The van der Waals surface area contributed by atoms with Crippen molar-refractivity contribution in [2.75, 3.05) is 13.2 Å². The van der Waals surface area contributed by atoms with Gasteiger partial charge in [0.1, 0.15) is 13.2 Å². The maximum Gasteiger partial charge on any atom is 0.306 e. The lowest BCUT2D eigenvalue weighted by atomic mass is 10.1. The Kier molecular flexibility index (Phi) is 47.1. The van der Waals surface area contributed by atoms with Gasteiger partial charge >= 0.3 is 17.9 Å². The summed E-state index contributed by atoms with van der Waals surface area (Å²) >= 11 is 0. The average molecular weight is 871 g/mol. The van der Waals surface area contributed by atoms with Gasteiger partial charge in [0.2, 0.25) is 0 Å². The van der Waals surface area contributed by atoms with Crippen molar-refractivity contribution in [1.82, 2.24) is 0 Å². The average Bonchev–Trinajstić information content (AvgIpc) is 3.28. The summed E-state index contributed by atoms with van der Waals surface area (Å²) in [5.74, 6) is -1.00. The van der Waals surface area contributed by atoms with Crippen LogP contribution in [0.2, 0.25) is 0 Å². The van der Waals surface area contributed by atoms with Crippen LogP contribution in [0.4, 0.5) is 0 Å². The van der Waals surface area contributed by atoms with E-state index in [-0.39, 0.29) is 37.5 Å². The highest BCUT2D eigenvalue weighted by atomic mass is 16.6. The first-order valence-corrected chi connectivity index (χ1v) is 25.0. The summed E-state index contributed by atoms with van der Waals surface area (Å²) in [4.78, 5) is 37.6. The number of unbranched alkanes of at least 4 members (excludes halogenated alkanes) is 12. The van der Waals surface area contributed by atoms with Gasteiger partial charge in [-0.05, 0) is 103 Å². The van der Waals surface area contributed by atoms with Crippen molar-refractivity contribution < 1.29 is 28.6 Å². The van der Waals surface area contributed by atoms with Crippen LogP contribution in [0.15, 0.2) is 122 Å². The lowest BCUT2D eigenvalue weighted by molar-refractivity contribution is -0.167. The summed E-state index contributed by atoms with van der Waals surface area (Å²) < 4.78 is 16.6. The Morgan fingerprint density at radius 3 is 1.03 bits per heavy atom. The van der Waals surface area contributed by atoms with Crippen LogP contribution >= 0.6 is 0 Å². The Morgan fingerprint density at radius 1 is 0.333 bits per heavy atom. The van der Waals surface area contributed by atoms with E-state index in [0.29, 0.717) is 19.3 Å². The van der Waals surface area contributed by atoms with E-state index in [9.17, 15) is 14.4 Å². The Morgan fingerprint density at radius 2 is 0.635 bits per heavy atom. The second-order valence-electron chi connectivity index (χ2n) is 16.0. The standard InChI is InChI=1S/C57H90O6/c1-4-7-10-13-15-17-19-21-23-25-26-27-28-29-30-32-33-35-37-39-41-44-47-50-56(59)62-53-54(52-61-55(58)49-46-43-12-9-6-3)63-57(60)51-48-45-42-40-38-36-34-31-24-22-20-18-16-14-11-8-5-2/h7-8,10-11,15-18,21-24,26-27,29-30,33,35,39,41,54H,4-6,9,12-14,19-20,25,28,31-32,34,36-38,40,42-53H2,1-3H3/b10-7-,11-8-,17-15-,18-16-,23-21-,24-22-,27-26-,30-29-,35-33-,41-39-. The maximum atomic E-state index is 12.7. The van der Waals surface area contributed by atoms with Crippen LogP contribution in [0.5, 0.6) is 0 Å². The quantitative estimate of drug-likeness (QED) is 0.0263. The minimum atomic E-state index is -0.806. The van der Waals surface area contributed by atoms with E-state index < -0.39 is 6.10 Å². The van der Waals surface area contributed by atoms with E-state index in [0.717, 1.165) is 128 Å². The fourth-order valence-corrected chi connectivity index (χ4v) is 6.27. The minimum absolute atomic E-state index is 0.104. The molecule has 1 atom stereocenters. The van der Waals surface area contributed by atoms with E-state index in [1.54, 1.807) is 0 Å². The molecule has 0 N–H and O–H groups in total. The number of esters is 3. The molecule has 0 bridgehead atoms. The lowest BCUT2D eigenvalue weighted by Gasteiger charge is -2.18. The molecule has 1 unspecified atom stereocenters. The Balaban J connectivity index is 4.32. The van der Waals surface area contributed by atoms with Crippen LogP contribution < -0.4 is 0 Å². The molecule has 354 valence electrons. The molecule has 0 amide bonds. The van der Waals surface area contributed by atoms with Gasteiger partial charge in [0.05, 0.1) is 0 Å². The van der Waals surface area contributed by atoms with E-state index >= 15 is 0 Å². The first-order chi connectivity index (χ1) is 31.0. The number of hydrogen-bond donors (Lipinski definition) is 0. The minimum Gasteiger partial charge on any atom is -0.462 e. The van der Waals surface area contributed by atoms with Crippen LogP contribution in [0.3, 0.4) is 0 Å². The number of allylic oxidation sites excluding steroid dienone is 20. The zero-order valence-electron chi connectivity index (χ0n) is 40.3. The molecule has 0 aromatic rings. The van der Waals surface area contributed by atoms with Crippen molar-refractivity contribution in [1.29, 1.82) is 0 Å². The predicted molar refractivity (Wildman–Crippen MR) is 269 cm³/mol. The van der Waals surface area contributed by atoms with Crippen molar-refractivity contribution in [3.8, 4) is 0 Å². The molecular formula is C57H90O6. The summed E-state index contributed by atoms with van der Waals surface area (Å²) in [6.07, 6.45) is 69.4. The van der Waals surface area contributed by atoms with Crippen molar-refractivity contribution in [3.05, 3.63) is 122 Å². The summed E-state index contributed by atoms with van der Waals surface area (Å²) in [5, 5.41) is 0. The van der Waals surface area contributed by atoms with Gasteiger partial charge in [-0.2, -0.15) is 0 Å². The predicted octanol–water partition coefficient (Wildman–Crippen LogP) is 16.5. The molecule has 63 heavy (non-hydrogen) atoms. The first-order valence-electron chi connectivity index (χ1n) is 25.0. The second kappa shape index (κ2) is 50.5. The molecule has 0 spiro atoms. The smallest absolute Gasteiger partial charge is 0.306 e. The van der Waals surface area contributed by atoms with Gasteiger partial charge in [-0.25, -0.2) is 0 Å². The first kappa shape index (κ1) is 58.8. The second-order valence-corrected chi connectivity index (χ2v) is 16.0. The van der Waals surface area contributed by atoms with Crippen molar-refractivity contribution in [2.45, 2.75) is 207 Å². The third-order valence-electron chi connectivity index (χ3n) is 9.96. The summed E-state index contributed by atoms with van der Waals surface area (Å²) in [6, 6.07) is 0. The number of ether oxygens (including phenoxy) is 3. The van der Waals surface area contributed by atoms with Gasteiger partial charge in [0.25, 0.3) is 0 Å². The van der Waals surface area contributed by atoms with Gasteiger partial charge < -0.3 is 14.2 Å². The van der Waals surface area contributed by atoms with Crippen molar-refractivity contribution in [3.63, 3.8) is 0 Å². The molecule has 0 aliphatic rings. The van der Waals surface area contributed by atoms with Gasteiger partial charge in [0.15, 0.2) is 6.10 Å². The van der Waals surface area contributed by atoms with Gasteiger partial charge in [-0.1, -0.05) is 200 Å². The van der Waals surface area contributed by atoms with Gasteiger partial charge in [-0.3, -0.25) is 14.4 Å². The molecule has 0 saturated carbocycles. The Labute approximate surface area is 386 Å². The van der Waals surface area contributed by atoms with Gasteiger partial charge in [-0.15, -0.1) is 0 Å². The van der Waals surface area contributed by atoms with Crippen LogP contribution in [0, 0.1) is 0 Å². The molecule has 0 rings (SSSR count). The summed E-state index contributed by atoms with van der Waals surface area (Å²) in [6.45, 7) is 6.25. The SMILES string of the molecule is CC/C=C\C/C=C\C/C=C\C/C=C\C/C=C\C/C=C\C/C=C\CCCC(=O)OCC(COC(=O)CCCCCCC)OC(=O)CCCCCCCCC/C=C\C/C=C\C/C=C\CC. The number of carbonyl (C=O) groups is 3. The highest BCUT2D eigenvalue weighted by Gasteiger charge is 2.19. The molecule has 0 aromatic heterocycles. The lowest BCUT2D eigenvalue weighted by Crippen LogP contribution is -2.30. The molecule has 0 aromatic carbocycles. The molecule has 0 aliphatic heterocycles. The monoisotopic (exact) mass is 871 g/mol. The number of rotatable bonds is 43. The third kappa shape index (κ3) is 48.7. The summed E-state index contributed by atoms with van der Waals surface area (Å²) in [5.41, 5.74) is 0. The highest BCUT2D eigenvalue weighted by Crippen LogP contribution is 2.12. The topological polar surface area (TPSA) is 78.9 Å².